The molecule has 0 radical (unpaired) electrons. The summed E-state index contributed by atoms with van der Waals surface area (Å²) in [4.78, 5) is 21.3. The molecule has 3 aromatic rings. The minimum atomic E-state index is -0.343. The fourth-order valence-corrected chi connectivity index (χ4v) is 2.97. The van der Waals surface area contributed by atoms with Crippen LogP contribution in [-0.2, 0) is 0 Å². The lowest BCUT2D eigenvalue weighted by Gasteiger charge is -2.11. The molecule has 0 atom stereocenters. The quantitative estimate of drug-likeness (QED) is 0.676. The molecule has 2 aromatic carbocycles. The van der Waals surface area contributed by atoms with Gasteiger partial charge in [0.1, 0.15) is 17.3 Å². The number of hydrogen-bond acceptors (Lipinski definition) is 6. The Bertz CT molecular complexity index is 1070. The molecular formula is C20H17ClN4O3. The van der Waals surface area contributed by atoms with Gasteiger partial charge in [-0.1, -0.05) is 17.7 Å². The molecule has 2 heterocycles. The number of halogens is 1. The molecule has 1 aromatic heterocycles. The number of rotatable bonds is 4. The average molecular weight is 397 g/mol. The minimum Gasteiger partial charge on any atom is -0.454 e. The summed E-state index contributed by atoms with van der Waals surface area (Å²) >= 11 is 6.12. The molecule has 8 heteroatoms. The molecule has 0 unspecified atom stereocenters. The van der Waals surface area contributed by atoms with Gasteiger partial charge in [0, 0.05) is 28.5 Å². The van der Waals surface area contributed by atoms with Crippen molar-refractivity contribution in [3.8, 4) is 11.5 Å². The maximum absolute atomic E-state index is 12.7. The van der Waals surface area contributed by atoms with E-state index in [1.807, 2.05) is 25.1 Å². The summed E-state index contributed by atoms with van der Waals surface area (Å²) in [6.45, 7) is 3.78. The molecule has 0 spiro atoms. The number of hydrogen-bond donors (Lipinski definition) is 2. The second-order valence-corrected chi connectivity index (χ2v) is 6.65. The van der Waals surface area contributed by atoms with E-state index in [0.29, 0.717) is 33.9 Å². The number of fused-ring (bicyclic) bond motifs is 1. The van der Waals surface area contributed by atoms with E-state index in [2.05, 4.69) is 20.6 Å². The van der Waals surface area contributed by atoms with E-state index in [1.54, 1.807) is 31.2 Å². The molecule has 0 saturated heterocycles. The Morgan fingerprint density at radius 1 is 1.07 bits per heavy atom. The number of amides is 1. The molecule has 2 N–H and O–H groups in total. The van der Waals surface area contributed by atoms with Gasteiger partial charge in [-0.2, -0.15) is 0 Å². The minimum absolute atomic E-state index is 0.207. The first-order valence-electron chi connectivity index (χ1n) is 8.58. The SMILES string of the molecule is Cc1nc(Nc2ccc3c(c2)OCO3)cc(C(=O)Nc2cccc(Cl)c2C)n1. The van der Waals surface area contributed by atoms with Crippen LogP contribution < -0.4 is 20.1 Å². The van der Waals surface area contributed by atoms with E-state index in [1.165, 1.54) is 0 Å². The highest BCUT2D eigenvalue weighted by Crippen LogP contribution is 2.35. The number of aromatic nitrogens is 2. The zero-order valence-electron chi connectivity index (χ0n) is 15.2. The second-order valence-electron chi connectivity index (χ2n) is 6.25. The smallest absolute Gasteiger partial charge is 0.274 e. The number of anilines is 3. The summed E-state index contributed by atoms with van der Waals surface area (Å²) < 4.78 is 10.7. The van der Waals surface area contributed by atoms with E-state index in [9.17, 15) is 4.79 Å². The second kappa shape index (κ2) is 7.36. The molecule has 4 rings (SSSR count). The lowest BCUT2D eigenvalue weighted by atomic mass is 10.2. The molecular weight excluding hydrogens is 380 g/mol. The maximum atomic E-state index is 12.7. The standard InChI is InChI=1S/C20H17ClN4O3/c1-11-14(21)4-3-5-15(11)25-20(26)16-9-19(23-12(2)22-16)24-13-6-7-17-18(8-13)28-10-27-17/h3-9H,10H2,1-2H3,(H,25,26)(H,22,23,24). The van der Waals surface area contributed by atoms with E-state index < -0.39 is 0 Å². The van der Waals surface area contributed by atoms with Crippen molar-refractivity contribution in [3.05, 3.63) is 64.6 Å². The zero-order valence-corrected chi connectivity index (χ0v) is 16.0. The third-order valence-corrected chi connectivity index (χ3v) is 4.64. The van der Waals surface area contributed by atoms with Gasteiger partial charge >= 0.3 is 0 Å². The van der Waals surface area contributed by atoms with Crippen molar-refractivity contribution in [3.63, 3.8) is 0 Å². The lowest BCUT2D eigenvalue weighted by Crippen LogP contribution is -2.16. The van der Waals surface area contributed by atoms with Gasteiger partial charge < -0.3 is 20.1 Å². The van der Waals surface area contributed by atoms with Crippen LogP contribution in [0.25, 0.3) is 0 Å². The van der Waals surface area contributed by atoms with Crippen molar-refractivity contribution in [1.29, 1.82) is 0 Å². The number of carbonyl (C=O) groups excluding carboxylic acids is 1. The Balaban J connectivity index is 1.56. The largest absolute Gasteiger partial charge is 0.454 e. The van der Waals surface area contributed by atoms with Crippen molar-refractivity contribution in [2.45, 2.75) is 13.8 Å². The fraction of sp³-hybridized carbons (Fsp3) is 0.150. The molecule has 0 fully saturated rings. The van der Waals surface area contributed by atoms with Crippen LogP contribution in [0.2, 0.25) is 5.02 Å². The number of ether oxygens (including phenoxy) is 2. The summed E-state index contributed by atoms with van der Waals surface area (Å²) in [6, 6.07) is 12.4. The number of nitrogens with zero attached hydrogens (tertiary/aromatic N) is 2. The van der Waals surface area contributed by atoms with Crippen LogP contribution in [0.15, 0.2) is 42.5 Å². The van der Waals surface area contributed by atoms with Crippen LogP contribution in [0.3, 0.4) is 0 Å². The zero-order chi connectivity index (χ0) is 19.7. The number of nitrogens with one attached hydrogen (secondary N) is 2. The maximum Gasteiger partial charge on any atom is 0.274 e. The third-order valence-electron chi connectivity index (χ3n) is 4.23. The molecule has 28 heavy (non-hydrogen) atoms. The van der Waals surface area contributed by atoms with Crippen LogP contribution in [0, 0.1) is 13.8 Å². The lowest BCUT2D eigenvalue weighted by molar-refractivity contribution is 0.102. The van der Waals surface area contributed by atoms with Gasteiger partial charge in [0.15, 0.2) is 11.5 Å². The van der Waals surface area contributed by atoms with Crippen molar-refractivity contribution < 1.29 is 14.3 Å². The van der Waals surface area contributed by atoms with Gasteiger partial charge in [-0.05, 0) is 43.7 Å². The topological polar surface area (TPSA) is 85.4 Å². The Morgan fingerprint density at radius 2 is 1.89 bits per heavy atom. The summed E-state index contributed by atoms with van der Waals surface area (Å²) in [7, 11) is 0. The molecule has 1 amide bonds. The molecule has 142 valence electrons. The average Bonchev–Trinajstić information content (AvgIpc) is 3.13. The Labute approximate surface area is 166 Å². The molecule has 0 saturated carbocycles. The first-order chi connectivity index (χ1) is 13.5. The van der Waals surface area contributed by atoms with Crippen LogP contribution in [-0.4, -0.2) is 22.7 Å². The van der Waals surface area contributed by atoms with Gasteiger partial charge in [0.05, 0.1) is 0 Å². The highest BCUT2D eigenvalue weighted by molar-refractivity contribution is 6.31. The molecule has 1 aliphatic heterocycles. The van der Waals surface area contributed by atoms with Crippen molar-refractivity contribution in [1.82, 2.24) is 9.97 Å². The number of carbonyl (C=O) groups is 1. The summed E-state index contributed by atoms with van der Waals surface area (Å²) in [5, 5.41) is 6.59. The molecule has 1 aliphatic rings. The monoisotopic (exact) mass is 396 g/mol. The molecule has 7 nitrogen and oxygen atoms in total. The van der Waals surface area contributed by atoms with Gasteiger partial charge in [-0.25, -0.2) is 9.97 Å². The highest BCUT2D eigenvalue weighted by atomic mass is 35.5. The summed E-state index contributed by atoms with van der Waals surface area (Å²) in [5.41, 5.74) is 2.44. The van der Waals surface area contributed by atoms with Gasteiger partial charge in [0.25, 0.3) is 5.91 Å². The third kappa shape index (κ3) is 3.70. The van der Waals surface area contributed by atoms with E-state index >= 15 is 0 Å². The van der Waals surface area contributed by atoms with E-state index in [4.69, 9.17) is 21.1 Å². The highest BCUT2D eigenvalue weighted by Gasteiger charge is 2.15. The van der Waals surface area contributed by atoms with E-state index in [0.717, 1.165) is 11.3 Å². The van der Waals surface area contributed by atoms with Crippen LogP contribution in [0.1, 0.15) is 21.9 Å². The molecule has 0 aliphatic carbocycles. The number of aryl methyl sites for hydroxylation is 1. The predicted octanol–water partition coefficient (Wildman–Crippen LogP) is 4.47. The Hall–Kier alpha value is -3.32. The Kier molecular flexibility index (Phi) is 4.75. The van der Waals surface area contributed by atoms with Crippen LogP contribution in [0.5, 0.6) is 11.5 Å². The predicted molar refractivity (Wildman–Crippen MR) is 107 cm³/mol. The first-order valence-corrected chi connectivity index (χ1v) is 8.96. The van der Waals surface area contributed by atoms with Crippen molar-refractivity contribution >= 4 is 34.7 Å². The van der Waals surface area contributed by atoms with Crippen molar-refractivity contribution in [2.75, 3.05) is 17.4 Å². The van der Waals surface area contributed by atoms with Gasteiger partial charge in [-0.15, -0.1) is 0 Å². The van der Waals surface area contributed by atoms with Gasteiger partial charge in [-0.3, -0.25) is 4.79 Å². The Morgan fingerprint density at radius 3 is 2.75 bits per heavy atom. The van der Waals surface area contributed by atoms with Crippen LogP contribution >= 0.6 is 11.6 Å². The number of benzene rings is 2. The first kappa shape index (κ1) is 18.1. The van der Waals surface area contributed by atoms with E-state index in [-0.39, 0.29) is 18.4 Å². The summed E-state index contributed by atoms with van der Waals surface area (Å²) in [5.74, 6) is 1.98. The summed E-state index contributed by atoms with van der Waals surface area (Å²) in [6.07, 6.45) is 0. The fourth-order valence-electron chi connectivity index (χ4n) is 2.80. The van der Waals surface area contributed by atoms with Crippen molar-refractivity contribution in [2.24, 2.45) is 0 Å². The van der Waals surface area contributed by atoms with Crippen LogP contribution in [0.4, 0.5) is 17.2 Å². The van der Waals surface area contributed by atoms with Gasteiger partial charge in [0.2, 0.25) is 6.79 Å². The molecule has 0 bridgehead atoms. The normalized spacial score (nSPS) is 12.0.